The van der Waals surface area contributed by atoms with Gasteiger partial charge in [0.05, 0.1) is 31.7 Å². The number of H-pyrrole nitrogens is 1. The van der Waals surface area contributed by atoms with Crippen molar-refractivity contribution in [1.29, 1.82) is 0 Å². The normalized spacial score (nSPS) is 12.5. The standard InChI is InChI=1S/C20H33N2O7P/c1-7-26-17(6)27-11-10-18(30(25,28-8-2)29-9-3)12-15(4)13-22-14-16(5)19(23)21-20(22)24/h14,17H,7-11,13H2,1-6H3,(H,21,23,24). The van der Waals surface area contributed by atoms with E-state index < -0.39 is 25.1 Å². The molecule has 0 radical (unpaired) electrons. The Kier molecular flexibility index (Phi) is 11.3. The molecular formula is C20H33N2O7P. The van der Waals surface area contributed by atoms with E-state index in [1.165, 1.54) is 10.8 Å². The second kappa shape index (κ2) is 12.8. The Morgan fingerprint density at radius 3 is 2.37 bits per heavy atom. The molecule has 0 aliphatic rings. The van der Waals surface area contributed by atoms with E-state index in [1.807, 2.05) is 6.92 Å². The molecule has 1 unspecified atom stereocenters. The Morgan fingerprint density at radius 1 is 1.17 bits per heavy atom. The highest BCUT2D eigenvalue weighted by atomic mass is 31.2. The summed E-state index contributed by atoms with van der Waals surface area (Å²) in [5.41, 5.74) is 3.18. The third kappa shape index (κ3) is 8.19. The average Bonchev–Trinajstić information content (AvgIpc) is 2.66. The second-order valence-electron chi connectivity index (χ2n) is 6.53. The predicted molar refractivity (Wildman–Crippen MR) is 115 cm³/mol. The van der Waals surface area contributed by atoms with Crippen molar-refractivity contribution < 1.29 is 23.1 Å². The molecule has 1 heterocycles. The van der Waals surface area contributed by atoms with Crippen molar-refractivity contribution in [3.63, 3.8) is 0 Å². The Balaban J connectivity index is 3.27. The molecule has 1 N–H and O–H groups in total. The van der Waals surface area contributed by atoms with Gasteiger partial charge in [-0.1, -0.05) is 0 Å². The molecule has 1 rings (SSSR count). The van der Waals surface area contributed by atoms with Gasteiger partial charge < -0.3 is 18.5 Å². The molecule has 10 heteroatoms. The van der Waals surface area contributed by atoms with Gasteiger partial charge in [-0.25, -0.2) is 4.79 Å². The third-order valence-corrected chi connectivity index (χ3v) is 6.17. The van der Waals surface area contributed by atoms with E-state index in [1.54, 1.807) is 34.6 Å². The van der Waals surface area contributed by atoms with Gasteiger partial charge in [0.1, 0.15) is 0 Å². The summed E-state index contributed by atoms with van der Waals surface area (Å²) in [6.45, 7) is 11.8. The lowest BCUT2D eigenvalue weighted by Gasteiger charge is -2.20. The molecule has 0 saturated carbocycles. The summed E-state index contributed by atoms with van der Waals surface area (Å²) in [7, 11) is -3.57. The van der Waals surface area contributed by atoms with Crippen LogP contribution < -0.4 is 11.2 Å². The minimum atomic E-state index is -3.57. The fourth-order valence-corrected chi connectivity index (χ4v) is 4.44. The summed E-state index contributed by atoms with van der Waals surface area (Å²) in [6, 6.07) is 0. The summed E-state index contributed by atoms with van der Waals surface area (Å²) >= 11 is 0. The van der Waals surface area contributed by atoms with Crippen LogP contribution in [-0.4, -0.2) is 42.3 Å². The minimum absolute atomic E-state index is 0.161. The maximum Gasteiger partial charge on any atom is 0.365 e. The van der Waals surface area contributed by atoms with Crippen molar-refractivity contribution in [3.8, 4) is 0 Å². The van der Waals surface area contributed by atoms with Gasteiger partial charge in [0.2, 0.25) is 0 Å². The Morgan fingerprint density at radius 2 is 1.80 bits per heavy atom. The zero-order valence-electron chi connectivity index (χ0n) is 18.6. The van der Waals surface area contributed by atoms with Crippen LogP contribution in [0.3, 0.4) is 0 Å². The fourth-order valence-electron chi connectivity index (χ4n) is 2.68. The summed E-state index contributed by atoms with van der Waals surface area (Å²) in [5, 5.41) is 0.335. The van der Waals surface area contributed by atoms with Crippen molar-refractivity contribution >= 4 is 7.60 Å². The van der Waals surface area contributed by atoms with Gasteiger partial charge in [-0.3, -0.25) is 18.9 Å². The first-order chi connectivity index (χ1) is 14.2. The van der Waals surface area contributed by atoms with Gasteiger partial charge in [0, 0.05) is 24.8 Å². The number of aromatic nitrogens is 2. The average molecular weight is 444 g/mol. The molecule has 0 aromatic carbocycles. The van der Waals surface area contributed by atoms with Crippen molar-refractivity contribution in [1.82, 2.24) is 9.55 Å². The summed E-state index contributed by atoms with van der Waals surface area (Å²) in [4.78, 5) is 25.9. The number of nitrogens with one attached hydrogen (secondary N) is 1. The van der Waals surface area contributed by atoms with Crippen LogP contribution in [-0.2, 0) is 29.6 Å². The number of rotatable bonds is 13. The molecule has 0 amide bonds. The van der Waals surface area contributed by atoms with Gasteiger partial charge >= 0.3 is 13.3 Å². The molecule has 1 aromatic heterocycles. The maximum atomic E-state index is 13.3. The van der Waals surface area contributed by atoms with Gasteiger partial charge in [-0.2, -0.15) is 0 Å². The summed E-state index contributed by atoms with van der Waals surface area (Å²) < 4.78 is 36.5. The quantitative estimate of drug-likeness (QED) is 0.282. The number of hydrogen-bond acceptors (Lipinski definition) is 7. The molecule has 30 heavy (non-hydrogen) atoms. The van der Waals surface area contributed by atoms with Gasteiger partial charge in [0.25, 0.3) is 5.56 Å². The number of hydrogen-bond donors (Lipinski definition) is 1. The van der Waals surface area contributed by atoms with Crippen LogP contribution in [0.15, 0.2) is 32.4 Å². The van der Waals surface area contributed by atoms with E-state index in [0.29, 0.717) is 23.1 Å². The zero-order valence-corrected chi connectivity index (χ0v) is 19.5. The van der Waals surface area contributed by atoms with Crippen LogP contribution in [0.25, 0.3) is 0 Å². The van der Waals surface area contributed by atoms with Crippen molar-refractivity contribution in [2.75, 3.05) is 26.4 Å². The van der Waals surface area contributed by atoms with Crippen LogP contribution in [0.4, 0.5) is 0 Å². The lowest BCUT2D eigenvalue weighted by atomic mass is 10.3. The van der Waals surface area contributed by atoms with Crippen LogP contribution in [0.2, 0.25) is 0 Å². The van der Waals surface area contributed by atoms with Crippen LogP contribution in [0.1, 0.15) is 46.6 Å². The van der Waals surface area contributed by atoms with E-state index in [9.17, 15) is 14.2 Å². The summed E-state index contributed by atoms with van der Waals surface area (Å²) in [6.07, 6.45) is 1.33. The zero-order chi connectivity index (χ0) is 22.7. The van der Waals surface area contributed by atoms with E-state index >= 15 is 0 Å². The molecule has 0 spiro atoms. The lowest BCUT2D eigenvalue weighted by Crippen LogP contribution is -2.31. The molecule has 1 atom stereocenters. The molecule has 0 saturated heterocycles. The van der Waals surface area contributed by atoms with E-state index in [-0.39, 0.29) is 32.8 Å². The number of nitrogens with zero attached hydrogens (tertiary/aromatic N) is 1. The first kappa shape index (κ1) is 26.3. The molecule has 1 aromatic rings. The topological polar surface area (TPSA) is 109 Å². The maximum absolute atomic E-state index is 13.3. The smallest absolute Gasteiger partial charge is 0.353 e. The largest absolute Gasteiger partial charge is 0.365 e. The molecule has 9 nitrogen and oxygen atoms in total. The minimum Gasteiger partial charge on any atom is -0.353 e. The van der Waals surface area contributed by atoms with Gasteiger partial charge in [0.15, 0.2) is 6.29 Å². The fraction of sp³-hybridized carbons (Fsp3) is 0.650. The van der Waals surface area contributed by atoms with E-state index in [4.69, 9.17) is 18.5 Å². The first-order valence-electron chi connectivity index (χ1n) is 10.0. The van der Waals surface area contributed by atoms with Gasteiger partial charge in [-0.05, 0) is 47.1 Å². The highest BCUT2D eigenvalue weighted by molar-refractivity contribution is 7.58. The summed E-state index contributed by atoms with van der Waals surface area (Å²) in [5.74, 6) is 0. The van der Waals surface area contributed by atoms with Crippen molar-refractivity contribution in [2.45, 2.75) is 60.8 Å². The van der Waals surface area contributed by atoms with Crippen molar-refractivity contribution in [3.05, 3.63) is 49.2 Å². The predicted octanol–water partition coefficient (Wildman–Crippen LogP) is 3.33. The van der Waals surface area contributed by atoms with E-state index in [0.717, 1.165) is 0 Å². The number of aryl methyl sites for hydroxylation is 1. The third-order valence-electron chi connectivity index (χ3n) is 3.98. The molecule has 0 fully saturated rings. The molecule has 0 aliphatic carbocycles. The second-order valence-corrected chi connectivity index (χ2v) is 8.58. The van der Waals surface area contributed by atoms with Crippen LogP contribution in [0.5, 0.6) is 0 Å². The van der Waals surface area contributed by atoms with Crippen LogP contribution in [0, 0.1) is 6.92 Å². The molecule has 0 bridgehead atoms. The Bertz CT molecular complexity index is 902. The lowest BCUT2D eigenvalue weighted by molar-refractivity contribution is -0.126. The Labute approximate surface area is 177 Å². The SMILES string of the molecule is CCOC(C)OCCC(=C=C(C)Cn1cc(C)c(=O)[nH]c1=O)P(=O)(OCC)OCC. The van der Waals surface area contributed by atoms with Gasteiger partial charge in [-0.15, -0.1) is 5.73 Å². The molecule has 170 valence electrons. The number of ether oxygens (including phenoxy) is 2. The van der Waals surface area contributed by atoms with Crippen LogP contribution >= 0.6 is 7.60 Å². The highest BCUT2D eigenvalue weighted by Gasteiger charge is 2.29. The monoisotopic (exact) mass is 444 g/mol. The van der Waals surface area contributed by atoms with E-state index in [2.05, 4.69) is 10.7 Å². The Hall–Kier alpha value is -1.73. The highest BCUT2D eigenvalue weighted by Crippen LogP contribution is 2.57. The number of aromatic amines is 1. The van der Waals surface area contributed by atoms with Crippen molar-refractivity contribution in [2.24, 2.45) is 0 Å². The molecular weight excluding hydrogens is 411 g/mol. The first-order valence-corrected chi connectivity index (χ1v) is 11.6. The molecule has 0 aliphatic heterocycles.